The number of hydrogen-bond acceptors (Lipinski definition) is 4. The molecule has 1 fully saturated rings. The van der Waals surface area contributed by atoms with Crippen molar-refractivity contribution < 1.29 is 4.79 Å². The van der Waals surface area contributed by atoms with Crippen molar-refractivity contribution in [3.05, 3.63) is 24.0 Å². The fourth-order valence-electron chi connectivity index (χ4n) is 1.75. The van der Waals surface area contributed by atoms with Gasteiger partial charge in [-0.05, 0) is 32.0 Å². The largest absolute Gasteiger partial charge is 0.384 e. The predicted molar refractivity (Wildman–Crippen MR) is 66.9 cm³/mol. The van der Waals surface area contributed by atoms with Gasteiger partial charge in [-0.25, -0.2) is 0 Å². The van der Waals surface area contributed by atoms with Crippen LogP contribution in [0.15, 0.2) is 18.3 Å². The number of likely N-dealkylation sites (N-methyl/N-ethyl adjacent to an activating group) is 1. The van der Waals surface area contributed by atoms with Crippen LogP contribution in [0.3, 0.4) is 0 Å². The zero-order valence-corrected chi connectivity index (χ0v) is 10.0. The number of pyridine rings is 1. The molecule has 1 aromatic heterocycles. The Kier molecular flexibility index (Phi) is 3.58. The van der Waals surface area contributed by atoms with E-state index in [9.17, 15) is 4.79 Å². The fraction of sp³-hybridized carbons (Fsp3) is 0.500. The molecule has 3 N–H and O–H groups in total. The maximum Gasteiger partial charge on any atom is 0.267 e. The van der Waals surface area contributed by atoms with Gasteiger partial charge in [0.05, 0.1) is 0 Å². The molecule has 5 nitrogen and oxygen atoms in total. The van der Waals surface area contributed by atoms with Crippen LogP contribution in [0.2, 0.25) is 0 Å². The summed E-state index contributed by atoms with van der Waals surface area (Å²) in [5.74, 6) is -0.497. The Labute approximate surface area is 101 Å². The summed E-state index contributed by atoms with van der Waals surface area (Å²) >= 11 is 0. The standard InChI is InChI=1S/C12H18N4O/c1-16(10-2-3-10)7-6-14-9-4-5-15-11(8-9)12(13)17/h4-5,8,10H,2-3,6-7H2,1H3,(H2,13,17)(H,14,15). The molecule has 0 unspecified atom stereocenters. The third-order valence-corrected chi connectivity index (χ3v) is 2.98. The Morgan fingerprint density at radius 2 is 2.41 bits per heavy atom. The number of amides is 1. The number of carbonyl (C=O) groups excluding carboxylic acids is 1. The number of aromatic nitrogens is 1. The highest BCUT2D eigenvalue weighted by Gasteiger charge is 2.25. The van der Waals surface area contributed by atoms with Crippen molar-refractivity contribution in [1.29, 1.82) is 0 Å². The molecule has 0 aliphatic heterocycles. The maximum absolute atomic E-state index is 11.0. The minimum Gasteiger partial charge on any atom is -0.384 e. The molecule has 0 bridgehead atoms. The van der Waals surface area contributed by atoms with Gasteiger partial charge in [0.2, 0.25) is 0 Å². The number of hydrogen-bond donors (Lipinski definition) is 2. The van der Waals surface area contributed by atoms with E-state index in [1.807, 2.05) is 6.07 Å². The molecule has 0 spiro atoms. The summed E-state index contributed by atoms with van der Waals surface area (Å²) in [6, 6.07) is 4.29. The minimum absolute atomic E-state index is 0.297. The molecule has 17 heavy (non-hydrogen) atoms. The lowest BCUT2D eigenvalue weighted by molar-refractivity contribution is 0.0995. The molecule has 1 aliphatic carbocycles. The minimum atomic E-state index is -0.497. The Hall–Kier alpha value is -1.62. The van der Waals surface area contributed by atoms with Crippen LogP contribution in [-0.2, 0) is 0 Å². The van der Waals surface area contributed by atoms with E-state index >= 15 is 0 Å². The molecule has 0 atom stereocenters. The van der Waals surface area contributed by atoms with Gasteiger partial charge in [-0.3, -0.25) is 9.78 Å². The second kappa shape index (κ2) is 5.14. The molecule has 0 aromatic carbocycles. The highest BCUT2D eigenvalue weighted by molar-refractivity contribution is 5.91. The van der Waals surface area contributed by atoms with Crippen LogP contribution in [0.25, 0.3) is 0 Å². The van der Waals surface area contributed by atoms with Gasteiger partial charge in [0.15, 0.2) is 0 Å². The second-order valence-electron chi connectivity index (χ2n) is 4.43. The van der Waals surface area contributed by atoms with Crippen LogP contribution in [-0.4, -0.2) is 42.0 Å². The molecule has 1 heterocycles. The van der Waals surface area contributed by atoms with E-state index in [4.69, 9.17) is 5.73 Å². The molecule has 5 heteroatoms. The van der Waals surface area contributed by atoms with Crippen molar-refractivity contribution in [1.82, 2.24) is 9.88 Å². The van der Waals surface area contributed by atoms with E-state index in [2.05, 4.69) is 22.2 Å². The zero-order chi connectivity index (χ0) is 12.3. The van der Waals surface area contributed by atoms with E-state index in [0.29, 0.717) is 5.69 Å². The zero-order valence-electron chi connectivity index (χ0n) is 10.0. The second-order valence-corrected chi connectivity index (χ2v) is 4.43. The van der Waals surface area contributed by atoms with Crippen LogP contribution in [0.4, 0.5) is 5.69 Å². The van der Waals surface area contributed by atoms with Crippen molar-refractivity contribution in [2.45, 2.75) is 18.9 Å². The summed E-state index contributed by atoms with van der Waals surface area (Å²) in [6.45, 7) is 1.86. The highest BCUT2D eigenvalue weighted by Crippen LogP contribution is 2.24. The predicted octanol–water partition coefficient (Wildman–Crippen LogP) is 0.687. The Morgan fingerprint density at radius 3 is 3.06 bits per heavy atom. The molecular weight excluding hydrogens is 216 g/mol. The van der Waals surface area contributed by atoms with Gasteiger partial charge < -0.3 is 16.0 Å². The number of nitrogens with zero attached hydrogens (tertiary/aromatic N) is 2. The third kappa shape index (κ3) is 3.42. The molecule has 1 saturated carbocycles. The van der Waals surface area contributed by atoms with Gasteiger partial charge in [0.1, 0.15) is 5.69 Å². The summed E-state index contributed by atoms with van der Waals surface area (Å²) < 4.78 is 0. The molecule has 0 saturated heterocycles. The Morgan fingerprint density at radius 1 is 1.65 bits per heavy atom. The number of carbonyl (C=O) groups is 1. The molecule has 2 rings (SSSR count). The van der Waals surface area contributed by atoms with Crippen molar-refractivity contribution in [3.8, 4) is 0 Å². The Balaban J connectivity index is 1.81. The number of nitrogens with two attached hydrogens (primary N) is 1. The summed E-state index contributed by atoms with van der Waals surface area (Å²) in [5, 5.41) is 3.26. The van der Waals surface area contributed by atoms with Gasteiger partial charge in [-0.1, -0.05) is 0 Å². The third-order valence-electron chi connectivity index (χ3n) is 2.98. The van der Waals surface area contributed by atoms with Crippen molar-refractivity contribution in [2.75, 3.05) is 25.5 Å². The molecule has 92 valence electrons. The summed E-state index contributed by atoms with van der Waals surface area (Å²) in [4.78, 5) is 17.2. The lowest BCUT2D eigenvalue weighted by Crippen LogP contribution is -2.27. The molecular formula is C12H18N4O. The Bertz CT molecular complexity index is 403. The van der Waals surface area contributed by atoms with E-state index < -0.39 is 5.91 Å². The van der Waals surface area contributed by atoms with E-state index in [1.54, 1.807) is 12.3 Å². The maximum atomic E-state index is 11.0. The highest BCUT2D eigenvalue weighted by atomic mass is 16.1. The monoisotopic (exact) mass is 234 g/mol. The first-order valence-corrected chi connectivity index (χ1v) is 5.87. The van der Waals surface area contributed by atoms with Crippen molar-refractivity contribution in [3.63, 3.8) is 0 Å². The number of primary amides is 1. The topological polar surface area (TPSA) is 71.2 Å². The van der Waals surface area contributed by atoms with Crippen LogP contribution in [0.1, 0.15) is 23.3 Å². The van der Waals surface area contributed by atoms with Crippen LogP contribution >= 0.6 is 0 Å². The van der Waals surface area contributed by atoms with E-state index in [-0.39, 0.29) is 0 Å². The molecule has 1 aromatic rings. The lowest BCUT2D eigenvalue weighted by Gasteiger charge is -2.16. The number of anilines is 1. The SMILES string of the molecule is CN(CCNc1ccnc(C(N)=O)c1)C1CC1. The summed E-state index contributed by atoms with van der Waals surface area (Å²) in [6.07, 6.45) is 4.22. The smallest absolute Gasteiger partial charge is 0.267 e. The molecule has 0 radical (unpaired) electrons. The number of rotatable bonds is 6. The first-order valence-electron chi connectivity index (χ1n) is 5.87. The van der Waals surface area contributed by atoms with Gasteiger partial charge in [-0.15, -0.1) is 0 Å². The quantitative estimate of drug-likeness (QED) is 0.759. The van der Waals surface area contributed by atoms with E-state index in [0.717, 1.165) is 24.8 Å². The summed E-state index contributed by atoms with van der Waals surface area (Å²) in [5.41, 5.74) is 6.35. The van der Waals surface area contributed by atoms with E-state index in [1.165, 1.54) is 12.8 Å². The normalized spacial score (nSPS) is 14.9. The fourth-order valence-corrected chi connectivity index (χ4v) is 1.75. The average Bonchev–Trinajstić information content (AvgIpc) is 3.13. The summed E-state index contributed by atoms with van der Waals surface area (Å²) in [7, 11) is 2.14. The van der Waals surface area contributed by atoms with Gasteiger partial charge in [-0.2, -0.15) is 0 Å². The van der Waals surface area contributed by atoms with Crippen LogP contribution in [0, 0.1) is 0 Å². The molecule has 1 amide bonds. The first kappa shape index (κ1) is 11.9. The van der Waals surface area contributed by atoms with Crippen LogP contribution < -0.4 is 11.1 Å². The van der Waals surface area contributed by atoms with Crippen molar-refractivity contribution in [2.24, 2.45) is 5.73 Å². The van der Waals surface area contributed by atoms with Gasteiger partial charge in [0.25, 0.3) is 5.91 Å². The first-order chi connectivity index (χ1) is 8.16. The van der Waals surface area contributed by atoms with Gasteiger partial charge in [0, 0.05) is 31.0 Å². The van der Waals surface area contributed by atoms with Gasteiger partial charge >= 0.3 is 0 Å². The average molecular weight is 234 g/mol. The van der Waals surface area contributed by atoms with Crippen LogP contribution in [0.5, 0.6) is 0 Å². The van der Waals surface area contributed by atoms with Crippen molar-refractivity contribution >= 4 is 11.6 Å². The molecule has 1 aliphatic rings. The number of nitrogens with one attached hydrogen (secondary N) is 1. The lowest BCUT2D eigenvalue weighted by atomic mass is 10.3.